The van der Waals surface area contributed by atoms with Gasteiger partial charge < -0.3 is 10.1 Å². The van der Waals surface area contributed by atoms with E-state index in [4.69, 9.17) is 4.74 Å². The lowest BCUT2D eigenvalue weighted by atomic mass is 9.86. The minimum absolute atomic E-state index is 0.0558. The smallest absolute Gasteiger partial charge is 0.338 e. The second-order valence-corrected chi connectivity index (χ2v) is 8.37. The molecule has 1 aliphatic rings. The van der Waals surface area contributed by atoms with Crippen LogP contribution < -0.4 is 10.0 Å². The number of carbonyl (C=O) groups excluding carboxylic acids is 2. The Morgan fingerprint density at radius 2 is 1.81 bits per heavy atom. The first-order valence-electron chi connectivity index (χ1n) is 8.41. The highest BCUT2D eigenvalue weighted by Crippen LogP contribution is 2.38. The summed E-state index contributed by atoms with van der Waals surface area (Å²) < 4.78 is 32.8. The van der Waals surface area contributed by atoms with Gasteiger partial charge in [-0.1, -0.05) is 0 Å². The SMILES string of the molecule is CCOC(=O)c1ccc(NS(=O)(=O)c2ccc3c(c2)C(C)(C)C(=O)N3)cc1. The van der Waals surface area contributed by atoms with Crippen molar-refractivity contribution in [3.05, 3.63) is 53.6 Å². The summed E-state index contributed by atoms with van der Waals surface area (Å²) in [4.78, 5) is 23.7. The zero-order valence-corrected chi connectivity index (χ0v) is 16.0. The van der Waals surface area contributed by atoms with Crippen molar-refractivity contribution in [1.82, 2.24) is 0 Å². The second kappa shape index (κ2) is 6.70. The molecular formula is C19H20N2O5S. The number of sulfonamides is 1. The fourth-order valence-electron chi connectivity index (χ4n) is 2.82. The predicted molar refractivity (Wildman–Crippen MR) is 101 cm³/mol. The zero-order valence-electron chi connectivity index (χ0n) is 15.2. The Kier molecular flexibility index (Phi) is 4.69. The van der Waals surface area contributed by atoms with E-state index in [-0.39, 0.29) is 17.4 Å². The van der Waals surface area contributed by atoms with Crippen LogP contribution in [-0.2, 0) is 25.0 Å². The Labute approximate surface area is 157 Å². The fourth-order valence-corrected chi connectivity index (χ4v) is 3.90. The average molecular weight is 388 g/mol. The molecule has 0 bridgehead atoms. The molecule has 7 nitrogen and oxygen atoms in total. The van der Waals surface area contributed by atoms with Crippen molar-refractivity contribution in [1.29, 1.82) is 0 Å². The number of nitrogens with one attached hydrogen (secondary N) is 2. The number of benzene rings is 2. The third kappa shape index (κ3) is 3.52. The molecule has 8 heteroatoms. The lowest BCUT2D eigenvalue weighted by Crippen LogP contribution is -2.27. The fraction of sp³-hybridized carbons (Fsp3) is 0.263. The number of fused-ring (bicyclic) bond motifs is 1. The van der Waals surface area contributed by atoms with Crippen LogP contribution in [0.5, 0.6) is 0 Å². The second-order valence-electron chi connectivity index (χ2n) is 6.69. The number of ether oxygens (including phenoxy) is 1. The van der Waals surface area contributed by atoms with Gasteiger partial charge in [0.05, 0.1) is 22.5 Å². The van der Waals surface area contributed by atoms with E-state index >= 15 is 0 Å². The van der Waals surface area contributed by atoms with Crippen molar-refractivity contribution in [3.8, 4) is 0 Å². The van der Waals surface area contributed by atoms with Crippen LogP contribution in [0.3, 0.4) is 0 Å². The van der Waals surface area contributed by atoms with Crippen LogP contribution in [0.1, 0.15) is 36.7 Å². The monoisotopic (exact) mass is 388 g/mol. The molecule has 0 radical (unpaired) electrons. The first-order valence-corrected chi connectivity index (χ1v) is 9.89. The molecule has 0 aromatic heterocycles. The lowest BCUT2D eigenvalue weighted by Gasteiger charge is -2.16. The van der Waals surface area contributed by atoms with Gasteiger partial charge in [0.25, 0.3) is 10.0 Å². The summed E-state index contributed by atoms with van der Waals surface area (Å²) in [6.07, 6.45) is 0. The summed E-state index contributed by atoms with van der Waals surface area (Å²) in [5.74, 6) is -0.639. The number of anilines is 2. The molecule has 1 aliphatic heterocycles. The van der Waals surface area contributed by atoms with Crippen molar-refractivity contribution in [2.24, 2.45) is 0 Å². The molecule has 1 heterocycles. The Balaban J connectivity index is 1.85. The summed E-state index contributed by atoms with van der Waals surface area (Å²) >= 11 is 0. The number of esters is 1. The van der Waals surface area contributed by atoms with Crippen molar-refractivity contribution in [2.45, 2.75) is 31.1 Å². The van der Waals surface area contributed by atoms with Crippen LogP contribution in [0.25, 0.3) is 0 Å². The summed E-state index contributed by atoms with van der Waals surface area (Å²) in [7, 11) is -3.85. The maximum absolute atomic E-state index is 12.7. The molecular weight excluding hydrogens is 368 g/mol. The van der Waals surface area contributed by atoms with Crippen LogP contribution in [0, 0.1) is 0 Å². The predicted octanol–water partition coefficient (Wildman–Crippen LogP) is 2.89. The van der Waals surface area contributed by atoms with Gasteiger partial charge in [-0.2, -0.15) is 0 Å². The Morgan fingerprint density at radius 3 is 2.44 bits per heavy atom. The third-order valence-electron chi connectivity index (χ3n) is 4.44. The summed E-state index contributed by atoms with van der Waals surface area (Å²) in [5.41, 5.74) is 1.10. The molecule has 2 aromatic carbocycles. The minimum Gasteiger partial charge on any atom is -0.462 e. The Bertz CT molecular complexity index is 1010. The van der Waals surface area contributed by atoms with Crippen LogP contribution >= 0.6 is 0 Å². The number of rotatable bonds is 5. The van der Waals surface area contributed by atoms with Gasteiger partial charge >= 0.3 is 5.97 Å². The van der Waals surface area contributed by atoms with E-state index in [1.165, 1.54) is 36.4 Å². The molecule has 0 saturated carbocycles. The van der Waals surface area contributed by atoms with E-state index in [1.54, 1.807) is 26.8 Å². The molecule has 3 rings (SSSR count). The first-order chi connectivity index (χ1) is 12.6. The van der Waals surface area contributed by atoms with Gasteiger partial charge in [-0.05, 0) is 68.8 Å². The number of amides is 1. The maximum atomic E-state index is 12.7. The van der Waals surface area contributed by atoms with Gasteiger partial charge in [0.2, 0.25) is 5.91 Å². The molecule has 1 amide bonds. The van der Waals surface area contributed by atoms with Crippen molar-refractivity contribution in [3.63, 3.8) is 0 Å². The van der Waals surface area contributed by atoms with Gasteiger partial charge in [0.15, 0.2) is 0 Å². The summed E-state index contributed by atoms with van der Waals surface area (Å²) in [6.45, 7) is 5.46. The van der Waals surface area contributed by atoms with Crippen LogP contribution in [0.2, 0.25) is 0 Å². The molecule has 0 atom stereocenters. The average Bonchev–Trinajstić information content (AvgIpc) is 2.84. The van der Waals surface area contributed by atoms with Gasteiger partial charge in [0.1, 0.15) is 0 Å². The summed E-state index contributed by atoms with van der Waals surface area (Å²) in [5, 5.41) is 2.75. The van der Waals surface area contributed by atoms with Crippen molar-refractivity contribution < 1.29 is 22.7 Å². The largest absolute Gasteiger partial charge is 0.462 e. The highest BCUT2D eigenvalue weighted by Gasteiger charge is 2.39. The van der Waals surface area contributed by atoms with Crippen molar-refractivity contribution in [2.75, 3.05) is 16.6 Å². The van der Waals surface area contributed by atoms with Gasteiger partial charge in [-0.25, -0.2) is 13.2 Å². The maximum Gasteiger partial charge on any atom is 0.338 e. The molecule has 142 valence electrons. The van der Waals surface area contributed by atoms with E-state index in [1.807, 2.05) is 0 Å². The van der Waals surface area contributed by atoms with Gasteiger partial charge in [-0.15, -0.1) is 0 Å². The van der Waals surface area contributed by atoms with Gasteiger partial charge in [-0.3, -0.25) is 9.52 Å². The molecule has 27 heavy (non-hydrogen) atoms. The molecule has 2 aromatic rings. The summed E-state index contributed by atoms with van der Waals surface area (Å²) in [6, 6.07) is 10.5. The molecule has 0 unspecified atom stereocenters. The highest BCUT2D eigenvalue weighted by molar-refractivity contribution is 7.92. The van der Waals surface area contributed by atoms with E-state index in [2.05, 4.69) is 10.0 Å². The number of carbonyl (C=O) groups is 2. The van der Waals surface area contributed by atoms with E-state index < -0.39 is 21.4 Å². The number of hydrogen-bond donors (Lipinski definition) is 2. The standard InChI is InChI=1S/C19H20N2O5S/c1-4-26-17(22)12-5-7-13(8-6-12)21-27(24,25)14-9-10-16-15(11-14)19(2,3)18(23)20-16/h5-11,21H,4H2,1-3H3,(H,20,23). The first kappa shape index (κ1) is 18.9. The van der Waals surface area contributed by atoms with E-state index in [9.17, 15) is 18.0 Å². The van der Waals surface area contributed by atoms with E-state index in [0.29, 0.717) is 22.5 Å². The quantitative estimate of drug-likeness (QED) is 0.767. The van der Waals surface area contributed by atoms with Crippen LogP contribution in [0.15, 0.2) is 47.4 Å². The Morgan fingerprint density at radius 1 is 1.15 bits per heavy atom. The van der Waals surface area contributed by atoms with Gasteiger partial charge in [0, 0.05) is 11.4 Å². The normalized spacial score (nSPS) is 15.0. The topological polar surface area (TPSA) is 102 Å². The Hall–Kier alpha value is -2.87. The van der Waals surface area contributed by atoms with Crippen LogP contribution in [0.4, 0.5) is 11.4 Å². The molecule has 0 aliphatic carbocycles. The van der Waals surface area contributed by atoms with Crippen molar-refractivity contribution >= 4 is 33.3 Å². The highest BCUT2D eigenvalue weighted by atomic mass is 32.2. The van der Waals surface area contributed by atoms with Crippen LogP contribution in [-0.4, -0.2) is 26.9 Å². The lowest BCUT2D eigenvalue weighted by molar-refractivity contribution is -0.119. The molecule has 0 fully saturated rings. The minimum atomic E-state index is -3.85. The zero-order chi connectivity index (χ0) is 19.8. The van der Waals surface area contributed by atoms with E-state index in [0.717, 1.165) is 0 Å². The number of hydrogen-bond acceptors (Lipinski definition) is 5. The molecule has 0 spiro atoms. The molecule has 2 N–H and O–H groups in total. The third-order valence-corrected chi connectivity index (χ3v) is 5.82. The molecule has 0 saturated heterocycles.